The molecule has 0 heterocycles. The van der Waals surface area contributed by atoms with E-state index in [1.165, 1.54) is 16.7 Å². The van der Waals surface area contributed by atoms with Crippen LogP contribution in [0.5, 0.6) is 0 Å². The van der Waals surface area contributed by atoms with Crippen molar-refractivity contribution >= 4 is 0 Å². The van der Waals surface area contributed by atoms with Gasteiger partial charge in [-0.3, -0.25) is 0 Å². The molecule has 1 unspecified atom stereocenters. The molecule has 0 saturated carbocycles. The van der Waals surface area contributed by atoms with Crippen LogP contribution in [0.1, 0.15) is 40.5 Å². The standard InChI is InChI=1S/C15H24/c1-7-15(10-13(4)5)11-14(6)9-8-12(2)3/h7-9,15H,1,4,10-11H2,2-3,5-6H3/b14-9+. The van der Waals surface area contributed by atoms with Crippen LogP contribution in [0.15, 0.2) is 48.1 Å². The lowest BCUT2D eigenvalue weighted by atomic mass is 9.94. The number of rotatable bonds is 6. The molecule has 0 aromatic heterocycles. The first kappa shape index (κ1) is 14.0. The second-order valence-corrected chi connectivity index (χ2v) is 4.62. The summed E-state index contributed by atoms with van der Waals surface area (Å²) in [5.41, 5.74) is 3.97. The molecule has 1 atom stereocenters. The highest BCUT2D eigenvalue weighted by Crippen LogP contribution is 2.19. The molecule has 0 aromatic rings. The van der Waals surface area contributed by atoms with Crippen molar-refractivity contribution in [2.45, 2.75) is 40.5 Å². The Morgan fingerprint density at radius 1 is 1.07 bits per heavy atom. The van der Waals surface area contributed by atoms with E-state index < -0.39 is 0 Å². The van der Waals surface area contributed by atoms with Crippen LogP contribution in [0.25, 0.3) is 0 Å². The van der Waals surface area contributed by atoms with E-state index >= 15 is 0 Å². The summed E-state index contributed by atoms with van der Waals surface area (Å²) < 4.78 is 0. The maximum Gasteiger partial charge on any atom is -0.0162 e. The van der Waals surface area contributed by atoms with E-state index in [0.717, 1.165) is 12.8 Å². The second-order valence-electron chi connectivity index (χ2n) is 4.62. The molecule has 0 aliphatic carbocycles. The van der Waals surface area contributed by atoms with Crippen LogP contribution in [0.3, 0.4) is 0 Å². The monoisotopic (exact) mass is 204 g/mol. The third-order valence-electron chi connectivity index (χ3n) is 2.23. The number of hydrogen-bond acceptors (Lipinski definition) is 0. The average Bonchev–Trinajstić information content (AvgIpc) is 2.13. The first-order valence-electron chi connectivity index (χ1n) is 5.53. The van der Waals surface area contributed by atoms with E-state index in [-0.39, 0.29) is 0 Å². The zero-order valence-electron chi connectivity index (χ0n) is 10.6. The van der Waals surface area contributed by atoms with Gasteiger partial charge in [0.2, 0.25) is 0 Å². The lowest BCUT2D eigenvalue weighted by Gasteiger charge is -2.12. The predicted molar refractivity (Wildman–Crippen MR) is 70.9 cm³/mol. The van der Waals surface area contributed by atoms with E-state index in [9.17, 15) is 0 Å². The first-order valence-corrected chi connectivity index (χ1v) is 5.53. The lowest BCUT2D eigenvalue weighted by molar-refractivity contribution is 0.638. The zero-order chi connectivity index (χ0) is 11.8. The van der Waals surface area contributed by atoms with Crippen LogP contribution in [0.4, 0.5) is 0 Å². The van der Waals surface area contributed by atoms with E-state index in [1.807, 2.05) is 6.08 Å². The van der Waals surface area contributed by atoms with Crippen molar-refractivity contribution in [3.8, 4) is 0 Å². The van der Waals surface area contributed by atoms with Crippen molar-refractivity contribution in [2.75, 3.05) is 0 Å². The van der Waals surface area contributed by atoms with Crippen molar-refractivity contribution in [1.82, 2.24) is 0 Å². The molecule has 0 saturated heterocycles. The Kier molecular flexibility index (Phi) is 6.77. The van der Waals surface area contributed by atoms with E-state index in [4.69, 9.17) is 0 Å². The summed E-state index contributed by atoms with van der Waals surface area (Å²) in [5.74, 6) is 0.532. The fourth-order valence-electron chi connectivity index (χ4n) is 1.48. The molecule has 0 aromatic carbocycles. The quantitative estimate of drug-likeness (QED) is 0.419. The van der Waals surface area contributed by atoms with Crippen molar-refractivity contribution in [3.63, 3.8) is 0 Å². The van der Waals surface area contributed by atoms with Crippen molar-refractivity contribution in [3.05, 3.63) is 48.1 Å². The van der Waals surface area contributed by atoms with Gasteiger partial charge in [0.05, 0.1) is 0 Å². The van der Waals surface area contributed by atoms with Crippen molar-refractivity contribution in [2.24, 2.45) is 5.92 Å². The molecule has 0 amide bonds. The average molecular weight is 204 g/mol. The minimum Gasteiger partial charge on any atom is -0.103 e. The lowest BCUT2D eigenvalue weighted by Crippen LogP contribution is -1.97. The molecule has 0 aliphatic rings. The first-order chi connectivity index (χ1) is 6.95. The third kappa shape index (κ3) is 7.99. The SMILES string of the molecule is C=CC(CC(=C)C)C/C(C)=C/C=C(C)C. The van der Waals surface area contributed by atoms with Gasteiger partial charge in [-0.25, -0.2) is 0 Å². The zero-order valence-corrected chi connectivity index (χ0v) is 10.6. The van der Waals surface area contributed by atoms with E-state index in [2.05, 4.69) is 53.0 Å². The van der Waals surface area contributed by atoms with Gasteiger partial charge in [-0.15, -0.1) is 13.2 Å². The smallest absolute Gasteiger partial charge is 0.0162 e. The molecule has 0 spiro atoms. The Balaban J connectivity index is 4.29. The molecule has 0 fully saturated rings. The van der Waals surface area contributed by atoms with Crippen LogP contribution >= 0.6 is 0 Å². The molecule has 0 aliphatic heterocycles. The fourth-order valence-corrected chi connectivity index (χ4v) is 1.48. The molecule has 15 heavy (non-hydrogen) atoms. The van der Waals surface area contributed by atoms with Crippen LogP contribution in [0.2, 0.25) is 0 Å². The molecule has 0 heteroatoms. The molecule has 0 rings (SSSR count). The van der Waals surface area contributed by atoms with Crippen LogP contribution < -0.4 is 0 Å². The molecule has 0 radical (unpaired) electrons. The Labute approximate surface area is 95.1 Å². The van der Waals surface area contributed by atoms with Crippen LogP contribution in [-0.4, -0.2) is 0 Å². The fraction of sp³-hybridized carbons (Fsp3) is 0.467. The van der Waals surface area contributed by atoms with Gasteiger partial charge in [0.25, 0.3) is 0 Å². The van der Waals surface area contributed by atoms with Gasteiger partial charge in [-0.05, 0) is 46.5 Å². The molecular weight excluding hydrogens is 180 g/mol. The normalized spacial score (nSPS) is 13.2. The molecular formula is C15H24. The Morgan fingerprint density at radius 2 is 1.67 bits per heavy atom. The minimum absolute atomic E-state index is 0.532. The highest BCUT2D eigenvalue weighted by molar-refractivity contribution is 5.15. The minimum atomic E-state index is 0.532. The summed E-state index contributed by atoms with van der Waals surface area (Å²) in [6.07, 6.45) is 8.53. The largest absolute Gasteiger partial charge is 0.103 e. The van der Waals surface area contributed by atoms with Gasteiger partial charge in [0, 0.05) is 0 Å². The molecule has 0 N–H and O–H groups in total. The van der Waals surface area contributed by atoms with Crippen LogP contribution in [0, 0.1) is 5.92 Å². The van der Waals surface area contributed by atoms with Gasteiger partial charge in [-0.1, -0.05) is 34.9 Å². The topological polar surface area (TPSA) is 0 Å². The Hall–Kier alpha value is -1.04. The predicted octanol–water partition coefficient (Wildman–Crippen LogP) is 5.06. The van der Waals surface area contributed by atoms with Gasteiger partial charge in [0.1, 0.15) is 0 Å². The van der Waals surface area contributed by atoms with Gasteiger partial charge < -0.3 is 0 Å². The summed E-state index contributed by atoms with van der Waals surface area (Å²) in [6, 6.07) is 0. The summed E-state index contributed by atoms with van der Waals surface area (Å²) in [4.78, 5) is 0. The van der Waals surface area contributed by atoms with E-state index in [1.54, 1.807) is 0 Å². The van der Waals surface area contributed by atoms with E-state index in [0.29, 0.717) is 5.92 Å². The molecule has 0 bridgehead atoms. The van der Waals surface area contributed by atoms with Crippen molar-refractivity contribution < 1.29 is 0 Å². The Bertz CT molecular complexity index is 272. The Morgan fingerprint density at radius 3 is 2.07 bits per heavy atom. The van der Waals surface area contributed by atoms with Crippen molar-refractivity contribution in [1.29, 1.82) is 0 Å². The summed E-state index contributed by atoms with van der Waals surface area (Å²) in [6.45, 7) is 16.3. The van der Waals surface area contributed by atoms with Crippen LogP contribution in [-0.2, 0) is 0 Å². The number of hydrogen-bond donors (Lipinski definition) is 0. The second kappa shape index (κ2) is 7.28. The maximum atomic E-state index is 3.95. The van der Waals surface area contributed by atoms with Gasteiger partial charge in [0.15, 0.2) is 0 Å². The van der Waals surface area contributed by atoms with Gasteiger partial charge in [-0.2, -0.15) is 0 Å². The summed E-state index contributed by atoms with van der Waals surface area (Å²) in [7, 11) is 0. The van der Waals surface area contributed by atoms with Gasteiger partial charge >= 0.3 is 0 Å². The third-order valence-corrected chi connectivity index (χ3v) is 2.23. The highest BCUT2D eigenvalue weighted by Gasteiger charge is 2.04. The molecule has 0 nitrogen and oxygen atoms in total. The molecule has 84 valence electrons. The number of allylic oxidation sites excluding steroid dienone is 6. The summed E-state index contributed by atoms with van der Waals surface area (Å²) >= 11 is 0. The highest BCUT2D eigenvalue weighted by atomic mass is 14.1. The maximum absolute atomic E-state index is 3.95. The summed E-state index contributed by atoms with van der Waals surface area (Å²) in [5, 5.41) is 0.